The standard InChI is InChI=1S/C20H32N2O5/c1-19(2,3)26-17(24)21-15-12-10-8-7-9-11-14(15)13-16(23)22(21)18(25)27-20(4,5)6/h13,15H,7-12H2,1-6H3/t15-/m0/s1. The lowest BCUT2D eigenvalue weighted by Gasteiger charge is -2.43. The van der Waals surface area contributed by atoms with Crippen molar-refractivity contribution in [1.82, 2.24) is 10.0 Å². The summed E-state index contributed by atoms with van der Waals surface area (Å²) in [6, 6.07) is -0.370. The molecule has 0 aromatic heterocycles. The van der Waals surface area contributed by atoms with Crippen LogP contribution in [0.2, 0.25) is 0 Å². The first-order chi connectivity index (χ1) is 12.4. The number of carbonyl (C=O) groups excluding carboxylic acids is 3. The Hall–Kier alpha value is -2.05. The zero-order valence-corrected chi connectivity index (χ0v) is 17.3. The molecule has 0 unspecified atom stereocenters. The normalized spacial score (nSPS) is 21.6. The van der Waals surface area contributed by atoms with Crippen LogP contribution in [0.1, 0.15) is 80.1 Å². The third-order valence-electron chi connectivity index (χ3n) is 4.30. The molecule has 0 saturated heterocycles. The highest BCUT2D eigenvalue weighted by molar-refractivity contribution is 6.01. The number of nitrogens with zero attached hydrogens (tertiary/aromatic N) is 2. The summed E-state index contributed by atoms with van der Waals surface area (Å²) in [5.41, 5.74) is -0.657. The monoisotopic (exact) mass is 380 g/mol. The molecule has 1 aliphatic carbocycles. The molecule has 27 heavy (non-hydrogen) atoms. The maximum absolute atomic E-state index is 13.0. The second-order valence-electron chi connectivity index (χ2n) is 9.14. The molecule has 7 nitrogen and oxygen atoms in total. The van der Waals surface area contributed by atoms with Gasteiger partial charge in [0.2, 0.25) is 0 Å². The van der Waals surface area contributed by atoms with Crippen molar-refractivity contribution in [2.45, 2.75) is 97.3 Å². The fourth-order valence-corrected chi connectivity index (χ4v) is 3.29. The number of amides is 3. The van der Waals surface area contributed by atoms with E-state index in [9.17, 15) is 14.4 Å². The van der Waals surface area contributed by atoms with E-state index in [-0.39, 0.29) is 6.04 Å². The van der Waals surface area contributed by atoms with Gasteiger partial charge in [-0.05, 0) is 66.4 Å². The third kappa shape index (κ3) is 5.71. The quantitative estimate of drug-likeness (QED) is 0.615. The van der Waals surface area contributed by atoms with Gasteiger partial charge < -0.3 is 9.47 Å². The van der Waals surface area contributed by atoms with Crippen LogP contribution in [0, 0.1) is 0 Å². The van der Waals surface area contributed by atoms with E-state index in [4.69, 9.17) is 9.47 Å². The van der Waals surface area contributed by atoms with Crippen molar-refractivity contribution in [1.29, 1.82) is 0 Å². The van der Waals surface area contributed by atoms with Crippen LogP contribution < -0.4 is 0 Å². The number of rotatable bonds is 0. The fraction of sp³-hybridized carbons (Fsp3) is 0.750. The van der Waals surface area contributed by atoms with E-state index >= 15 is 0 Å². The highest BCUT2D eigenvalue weighted by Gasteiger charge is 2.45. The second kappa shape index (κ2) is 7.90. The summed E-state index contributed by atoms with van der Waals surface area (Å²) >= 11 is 0. The number of ether oxygens (including phenoxy) is 2. The van der Waals surface area contributed by atoms with Crippen molar-refractivity contribution in [2.24, 2.45) is 0 Å². The van der Waals surface area contributed by atoms with E-state index in [1.54, 1.807) is 41.5 Å². The molecule has 1 heterocycles. The molecule has 0 N–H and O–H groups in total. The van der Waals surface area contributed by atoms with Crippen molar-refractivity contribution in [3.8, 4) is 0 Å². The van der Waals surface area contributed by atoms with Crippen molar-refractivity contribution >= 4 is 18.1 Å². The van der Waals surface area contributed by atoms with Crippen molar-refractivity contribution in [3.63, 3.8) is 0 Å². The molecule has 0 aromatic carbocycles. The summed E-state index contributed by atoms with van der Waals surface area (Å²) in [5.74, 6) is -0.568. The molecule has 1 aliphatic heterocycles. The molecule has 7 heteroatoms. The van der Waals surface area contributed by atoms with Crippen molar-refractivity contribution in [3.05, 3.63) is 11.6 Å². The summed E-state index contributed by atoms with van der Waals surface area (Å²) in [6.45, 7) is 10.4. The molecule has 2 aliphatic rings. The molecule has 0 spiro atoms. The Morgan fingerprint density at radius 3 is 2.07 bits per heavy atom. The molecule has 0 bridgehead atoms. The average molecular weight is 380 g/mol. The van der Waals surface area contributed by atoms with E-state index in [1.807, 2.05) is 0 Å². The Balaban J connectivity index is 2.42. The maximum Gasteiger partial charge on any atom is 0.437 e. The van der Waals surface area contributed by atoms with Crippen LogP contribution in [0.15, 0.2) is 11.6 Å². The van der Waals surface area contributed by atoms with Gasteiger partial charge in [0.1, 0.15) is 11.2 Å². The van der Waals surface area contributed by atoms with Gasteiger partial charge in [0.05, 0.1) is 6.04 Å². The third-order valence-corrected chi connectivity index (χ3v) is 4.30. The van der Waals surface area contributed by atoms with Crippen LogP contribution in [0.25, 0.3) is 0 Å². The Bertz CT molecular complexity index is 627. The van der Waals surface area contributed by atoms with Crippen LogP contribution in [-0.2, 0) is 14.3 Å². The minimum atomic E-state index is -0.865. The fourth-order valence-electron chi connectivity index (χ4n) is 3.29. The summed E-state index contributed by atoms with van der Waals surface area (Å²) in [5, 5.41) is 1.97. The smallest absolute Gasteiger partial charge is 0.437 e. The van der Waals surface area contributed by atoms with Gasteiger partial charge in [0.25, 0.3) is 5.91 Å². The van der Waals surface area contributed by atoms with Crippen molar-refractivity contribution < 1.29 is 23.9 Å². The Morgan fingerprint density at radius 1 is 0.926 bits per heavy atom. The van der Waals surface area contributed by atoms with Crippen molar-refractivity contribution in [2.75, 3.05) is 0 Å². The summed E-state index contributed by atoms with van der Waals surface area (Å²) in [6.07, 6.45) is 5.36. The Morgan fingerprint density at radius 2 is 1.48 bits per heavy atom. The highest BCUT2D eigenvalue weighted by Crippen LogP contribution is 2.32. The molecule has 1 saturated carbocycles. The summed E-state index contributed by atoms with van der Waals surface area (Å²) < 4.78 is 10.9. The van der Waals surface area contributed by atoms with Crippen LogP contribution in [0.5, 0.6) is 0 Å². The number of carbonyl (C=O) groups is 3. The zero-order chi connectivity index (χ0) is 20.4. The van der Waals surface area contributed by atoms with E-state index in [0.717, 1.165) is 42.7 Å². The van der Waals surface area contributed by atoms with E-state index in [0.29, 0.717) is 6.42 Å². The number of hydrogen-bond donors (Lipinski definition) is 0. The van der Waals surface area contributed by atoms with Crippen LogP contribution in [-0.4, -0.2) is 45.4 Å². The number of fused-ring (bicyclic) bond motifs is 1. The molecular formula is C20H32N2O5. The second-order valence-corrected chi connectivity index (χ2v) is 9.14. The number of imide groups is 1. The molecule has 152 valence electrons. The molecule has 3 amide bonds. The van der Waals surface area contributed by atoms with Gasteiger partial charge in [-0.2, -0.15) is 5.01 Å². The minimum Gasteiger partial charge on any atom is -0.442 e. The van der Waals surface area contributed by atoms with Crippen LogP contribution >= 0.6 is 0 Å². The maximum atomic E-state index is 13.0. The van der Waals surface area contributed by atoms with Crippen LogP contribution in [0.4, 0.5) is 9.59 Å². The topological polar surface area (TPSA) is 76.2 Å². The van der Waals surface area contributed by atoms with E-state index in [2.05, 4.69) is 0 Å². The first-order valence-corrected chi connectivity index (χ1v) is 9.69. The molecule has 0 aromatic rings. The SMILES string of the molecule is CC(C)(C)OC(=O)N1C(=O)C=C2CCCCCC[C@@H]2N1C(=O)OC(C)(C)C. The number of hydrogen-bond acceptors (Lipinski definition) is 5. The summed E-state index contributed by atoms with van der Waals surface area (Å²) in [7, 11) is 0. The highest BCUT2D eigenvalue weighted by atomic mass is 16.6. The van der Waals surface area contributed by atoms with E-state index < -0.39 is 29.3 Å². The molecule has 2 rings (SSSR count). The van der Waals surface area contributed by atoms with Gasteiger partial charge in [0, 0.05) is 6.08 Å². The van der Waals surface area contributed by atoms with Gasteiger partial charge >= 0.3 is 12.2 Å². The lowest BCUT2D eigenvalue weighted by molar-refractivity contribution is -0.145. The Kier molecular flexibility index (Phi) is 6.22. The molecule has 1 atom stereocenters. The molecular weight excluding hydrogens is 348 g/mol. The Labute approximate surface area is 161 Å². The lowest BCUT2D eigenvalue weighted by atomic mass is 9.90. The van der Waals surface area contributed by atoms with Crippen LogP contribution in [0.3, 0.4) is 0 Å². The van der Waals surface area contributed by atoms with Gasteiger partial charge in [-0.1, -0.05) is 19.3 Å². The summed E-state index contributed by atoms with van der Waals surface area (Å²) in [4.78, 5) is 38.5. The largest absolute Gasteiger partial charge is 0.442 e. The molecule has 0 radical (unpaired) electrons. The first-order valence-electron chi connectivity index (χ1n) is 9.69. The predicted octanol–water partition coefficient (Wildman–Crippen LogP) is 4.57. The van der Waals surface area contributed by atoms with Gasteiger partial charge in [-0.15, -0.1) is 5.01 Å². The zero-order valence-electron chi connectivity index (χ0n) is 17.3. The lowest BCUT2D eigenvalue weighted by Crippen LogP contribution is -2.61. The predicted molar refractivity (Wildman–Crippen MR) is 101 cm³/mol. The minimum absolute atomic E-state index is 0.370. The van der Waals surface area contributed by atoms with E-state index in [1.165, 1.54) is 11.1 Å². The number of hydrazine groups is 1. The first kappa shape index (κ1) is 21.3. The van der Waals surface area contributed by atoms with Gasteiger partial charge in [0.15, 0.2) is 0 Å². The van der Waals surface area contributed by atoms with Gasteiger partial charge in [-0.25, -0.2) is 9.59 Å². The average Bonchev–Trinajstić information content (AvgIpc) is 2.44. The van der Waals surface area contributed by atoms with Gasteiger partial charge in [-0.3, -0.25) is 4.79 Å². The molecule has 1 fully saturated rings.